The second-order valence-electron chi connectivity index (χ2n) is 4.47. The van der Waals surface area contributed by atoms with Crippen molar-refractivity contribution in [1.29, 1.82) is 0 Å². The zero-order valence-corrected chi connectivity index (χ0v) is 12.2. The Bertz CT molecular complexity index is 391. The van der Waals surface area contributed by atoms with Crippen LogP contribution in [0.2, 0.25) is 0 Å². The lowest BCUT2D eigenvalue weighted by Gasteiger charge is -2.14. The van der Waals surface area contributed by atoms with Crippen LogP contribution in [-0.2, 0) is 17.4 Å². The molecule has 0 aliphatic rings. The molecule has 1 atom stereocenters. The first-order valence-corrected chi connectivity index (χ1v) is 7.97. The van der Waals surface area contributed by atoms with E-state index < -0.39 is 8.25 Å². The van der Waals surface area contributed by atoms with Gasteiger partial charge in [0.2, 0.25) is 0 Å². The predicted octanol–water partition coefficient (Wildman–Crippen LogP) is 4.13. The van der Waals surface area contributed by atoms with Crippen molar-refractivity contribution >= 4 is 8.25 Å². The molecular formula is C14H23O3P. The van der Waals surface area contributed by atoms with E-state index in [1.54, 1.807) is 6.07 Å². The van der Waals surface area contributed by atoms with E-state index >= 15 is 0 Å². The second-order valence-corrected chi connectivity index (χ2v) is 5.20. The highest BCUT2D eigenvalue weighted by atomic mass is 31.1. The fraction of sp³-hybridized carbons (Fsp3) is 0.571. The average Bonchev–Trinajstić information content (AvgIpc) is 2.34. The van der Waals surface area contributed by atoms with Crippen LogP contribution < -0.4 is 4.52 Å². The Morgan fingerprint density at radius 2 is 1.83 bits per heavy atom. The molecule has 18 heavy (non-hydrogen) atoms. The smallest absolute Gasteiger partial charge is 0.365 e. The highest BCUT2D eigenvalue weighted by Crippen LogP contribution is 2.31. The van der Waals surface area contributed by atoms with Crippen LogP contribution in [0.25, 0.3) is 0 Å². The summed E-state index contributed by atoms with van der Waals surface area (Å²) in [6, 6.07) is 5.79. The fourth-order valence-corrected chi connectivity index (χ4v) is 2.42. The Morgan fingerprint density at radius 1 is 1.17 bits per heavy atom. The summed E-state index contributed by atoms with van der Waals surface area (Å²) in [5, 5.41) is 0. The van der Waals surface area contributed by atoms with Gasteiger partial charge in [-0.15, -0.1) is 0 Å². The molecule has 0 amide bonds. The van der Waals surface area contributed by atoms with Crippen LogP contribution >= 0.6 is 8.25 Å². The molecule has 4 heteroatoms. The Morgan fingerprint density at radius 3 is 2.44 bits per heavy atom. The molecule has 0 fully saturated rings. The summed E-state index contributed by atoms with van der Waals surface area (Å²) in [4.78, 5) is 8.95. The molecule has 0 radical (unpaired) electrons. The van der Waals surface area contributed by atoms with Crippen LogP contribution in [0.3, 0.4) is 0 Å². The molecule has 0 bridgehead atoms. The third-order valence-corrected chi connectivity index (χ3v) is 3.40. The lowest BCUT2D eigenvalue weighted by molar-refractivity contribution is 0.408. The molecule has 3 nitrogen and oxygen atoms in total. The predicted molar refractivity (Wildman–Crippen MR) is 75.5 cm³/mol. The van der Waals surface area contributed by atoms with Crippen LogP contribution in [0.4, 0.5) is 0 Å². The molecule has 0 heterocycles. The van der Waals surface area contributed by atoms with Crippen molar-refractivity contribution in [2.24, 2.45) is 0 Å². The van der Waals surface area contributed by atoms with Gasteiger partial charge in [0.25, 0.3) is 0 Å². The maximum atomic E-state index is 10.9. The van der Waals surface area contributed by atoms with E-state index in [1.165, 1.54) is 5.56 Å². The minimum absolute atomic E-state index is 0.587. The molecule has 1 rings (SSSR count). The molecular weight excluding hydrogens is 247 g/mol. The molecule has 1 N–H and O–H groups in total. The summed E-state index contributed by atoms with van der Waals surface area (Å²) in [5.74, 6) is 0.587. The lowest BCUT2D eigenvalue weighted by atomic mass is 9.97. The third kappa shape index (κ3) is 4.83. The molecule has 0 saturated heterocycles. The largest absolute Gasteiger partial charge is 0.426 e. The molecule has 1 aromatic carbocycles. The van der Waals surface area contributed by atoms with Gasteiger partial charge in [-0.05, 0) is 42.9 Å². The van der Waals surface area contributed by atoms with Gasteiger partial charge in [0, 0.05) is 0 Å². The van der Waals surface area contributed by atoms with E-state index in [0.29, 0.717) is 5.75 Å². The third-order valence-electron chi connectivity index (χ3n) is 3.01. The molecule has 0 saturated carbocycles. The molecule has 102 valence electrons. The summed E-state index contributed by atoms with van der Waals surface area (Å²) in [6.07, 6.45) is 6.40. The zero-order chi connectivity index (χ0) is 13.4. The van der Waals surface area contributed by atoms with Gasteiger partial charge in [-0.1, -0.05) is 38.8 Å². The SMILES string of the molecule is CCCCc1cccc(O[PH](=O)O)c1CCCC. The van der Waals surface area contributed by atoms with Crippen LogP contribution in [0.5, 0.6) is 5.75 Å². The molecule has 1 unspecified atom stereocenters. The highest BCUT2D eigenvalue weighted by Gasteiger charge is 2.10. The second kappa shape index (κ2) is 8.34. The summed E-state index contributed by atoms with van der Waals surface area (Å²) >= 11 is 0. The van der Waals surface area contributed by atoms with E-state index in [1.807, 2.05) is 6.07 Å². The van der Waals surface area contributed by atoms with Crippen LogP contribution in [0, 0.1) is 0 Å². The monoisotopic (exact) mass is 270 g/mol. The number of benzene rings is 1. The van der Waals surface area contributed by atoms with E-state index in [9.17, 15) is 4.57 Å². The molecule has 1 aromatic rings. The van der Waals surface area contributed by atoms with Crippen LogP contribution in [0.1, 0.15) is 50.7 Å². The summed E-state index contributed by atoms with van der Waals surface area (Å²) in [5.41, 5.74) is 2.37. The number of unbranched alkanes of at least 4 members (excludes halogenated alkanes) is 2. The number of rotatable bonds is 8. The maximum Gasteiger partial charge on any atom is 0.365 e. The normalized spacial score (nSPS) is 12.4. The molecule has 0 aliphatic carbocycles. The Balaban J connectivity index is 2.95. The van der Waals surface area contributed by atoms with Crippen molar-refractivity contribution in [2.75, 3.05) is 0 Å². The van der Waals surface area contributed by atoms with Crippen molar-refractivity contribution in [3.8, 4) is 5.75 Å². The first kappa shape index (κ1) is 15.3. The minimum Gasteiger partial charge on any atom is -0.426 e. The van der Waals surface area contributed by atoms with Gasteiger partial charge < -0.3 is 9.42 Å². The molecule has 0 aromatic heterocycles. The van der Waals surface area contributed by atoms with Gasteiger partial charge in [0.1, 0.15) is 5.75 Å². The number of hydrogen-bond acceptors (Lipinski definition) is 2. The first-order valence-electron chi connectivity index (χ1n) is 6.70. The van der Waals surface area contributed by atoms with Crippen molar-refractivity contribution in [2.45, 2.75) is 52.4 Å². The van der Waals surface area contributed by atoms with Crippen molar-refractivity contribution in [3.05, 3.63) is 29.3 Å². The number of hydrogen-bond donors (Lipinski definition) is 1. The van der Waals surface area contributed by atoms with E-state index in [2.05, 4.69) is 19.9 Å². The number of aryl methyl sites for hydroxylation is 1. The Hall–Kier alpha value is -0.790. The Labute approximate surface area is 110 Å². The average molecular weight is 270 g/mol. The maximum absolute atomic E-state index is 10.9. The fourth-order valence-electron chi connectivity index (χ4n) is 2.04. The highest BCUT2D eigenvalue weighted by molar-refractivity contribution is 7.32. The van der Waals surface area contributed by atoms with E-state index in [4.69, 9.17) is 9.42 Å². The van der Waals surface area contributed by atoms with E-state index in [0.717, 1.165) is 44.1 Å². The summed E-state index contributed by atoms with van der Waals surface area (Å²) in [7, 11) is -2.92. The quantitative estimate of drug-likeness (QED) is 0.722. The summed E-state index contributed by atoms with van der Waals surface area (Å²) < 4.78 is 15.9. The standard InChI is InChI=1S/C14H23O3P/c1-3-5-8-12-9-7-11-14(17-18(15)16)13(12)10-6-4-2/h7,9,11,18H,3-6,8,10H2,1-2H3,(H,15,16). The topological polar surface area (TPSA) is 46.5 Å². The molecule has 0 aliphatic heterocycles. The molecule has 0 spiro atoms. The van der Waals surface area contributed by atoms with Crippen molar-refractivity contribution in [3.63, 3.8) is 0 Å². The minimum atomic E-state index is -2.92. The van der Waals surface area contributed by atoms with Crippen molar-refractivity contribution < 1.29 is 14.0 Å². The van der Waals surface area contributed by atoms with Gasteiger partial charge in [-0.3, -0.25) is 0 Å². The van der Waals surface area contributed by atoms with Gasteiger partial charge in [-0.2, -0.15) is 0 Å². The van der Waals surface area contributed by atoms with Gasteiger partial charge in [0.05, 0.1) is 0 Å². The van der Waals surface area contributed by atoms with E-state index in [-0.39, 0.29) is 0 Å². The van der Waals surface area contributed by atoms with Gasteiger partial charge >= 0.3 is 8.25 Å². The Kier molecular flexibility index (Phi) is 7.07. The van der Waals surface area contributed by atoms with Crippen LogP contribution in [-0.4, -0.2) is 4.89 Å². The zero-order valence-electron chi connectivity index (χ0n) is 11.2. The van der Waals surface area contributed by atoms with Gasteiger partial charge in [-0.25, -0.2) is 4.57 Å². The van der Waals surface area contributed by atoms with Gasteiger partial charge in [0.15, 0.2) is 0 Å². The summed E-state index contributed by atoms with van der Waals surface area (Å²) in [6.45, 7) is 4.31. The van der Waals surface area contributed by atoms with Crippen LogP contribution in [0.15, 0.2) is 18.2 Å². The lowest BCUT2D eigenvalue weighted by Crippen LogP contribution is -1.98. The van der Waals surface area contributed by atoms with Crippen molar-refractivity contribution in [1.82, 2.24) is 0 Å². The first-order chi connectivity index (χ1) is 8.69.